The van der Waals surface area contributed by atoms with Gasteiger partial charge in [-0.1, -0.05) is 12.1 Å². The summed E-state index contributed by atoms with van der Waals surface area (Å²) in [6.45, 7) is 3.69. The van der Waals surface area contributed by atoms with Gasteiger partial charge < -0.3 is 10.6 Å². The largest absolute Gasteiger partial charge is 0.338 e. The predicted octanol–water partition coefficient (Wildman–Crippen LogP) is 2.75. The number of hydrogen-bond acceptors (Lipinski definition) is 3. The van der Waals surface area contributed by atoms with E-state index in [4.69, 9.17) is 5.73 Å². The number of benzene rings is 1. The Labute approximate surface area is 125 Å². The summed E-state index contributed by atoms with van der Waals surface area (Å²) in [5.74, 6) is 1.57. The van der Waals surface area contributed by atoms with Gasteiger partial charge in [0.25, 0.3) is 5.91 Å². The van der Waals surface area contributed by atoms with Gasteiger partial charge >= 0.3 is 0 Å². The van der Waals surface area contributed by atoms with E-state index in [1.54, 1.807) is 11.8 Å². The number of likely N-dealkylation sites (tertiary alicyclic amines) is 1. The highest BCUT2D eigenvalue weighted by Gasteiger charge is 2.26. The smallest absolute Gasteiger partial charge is 0.253 e. The van der Waals surface area contributed by atoms with Crippen molar-refractivity contribution in [3.8, 4) is 0 Å². The molecule has 0 saturated carbocycles. The molecule has 20 heavy (non-hydrogen) atoms. The average molecular weight is 292 g/mol. The van der Waals surface area contributed by atoms with Gasteiger partial charge in [-0.05, 0) is 49.6 Å². The molecule has 0 spiro atoms. The first-order valence-electron chi connectivity index (χ1n) is 7.24. The van der Waals surface area contributed by atoms with Crippen LogP contribution >= 0.6 is 11.8 Å². The quantitative estimate of drug-likeness (QED) is 0.928. The highest BCUT2D eigenvalue weighted by molar-refractivity contribution is 7.97. The lowest BCUT2D eigenvalue weighted by Gasteiger charge is -2.34. The minimum atomic E-state index is 0.144. The van der Waals surface area contributed by atoms with Gasteiger partial charge in [-0.15, -0.1) is 0 Å². The van der Waals surface area contributed by atoms with E-state index >= 15 is 0 Å². The number of carbonyl (C=O) groups is 1. The maximum Gasteiger partial charge on any atom is 0.253 e. The van der Waals surface area contributed by atoms with Crippen molar-refractivity contribution in [1.82, 2.24) is 4.90 Å². The van der Waals surface area contributed by atoms with Crippen molar-refractivity contribution >= 4 is 17.7 Å². The molecule has 1 amide bonds. The summed E-state index contributed by atoms with van der Waals surface area (Å²) < 4.78 is 0. The van der Waals surface area contributed by atoms with Crippen LogP contribution < -0.4 is 5.73 Å². The Bertz CT molecular complexity index is 444. The number of thioether (sulfide) groups is 1. The Morgan fingerprint density at radius 3 is 2.75 bits per heavy atom. The first-order valence-corrected chi connectivity index (χ1v) is 8.64. The molecule has 1 aliphatic heterocycles. The van der Waals surface area contributed by atoms with E-state index in [1.165, 1.54) is 5.56 Å². The van der Waals surface area contributed by atoms with Gasteiger partial charge in [0.2, 0.25) is 0 Å². The number of piperidine rings is 1. The van der Waals surface area contributed by atoms with Crippen LogP contribution in [0.3, 0.4) is 0 Å². The van der Waals surface area contributed by atoms with Gasteiger partial charge in [0, 0.05) is 30.4 Å². The molecular weight excluding hydrogens is 268 g/mol. The van der Waals surface area contributed by atoms with E-state index in [1.807, 2.05) is 24.0 Å². The molecule has 1 saturated heterocycles. The highest BCUT2D eigenvalue weighted by Crippen LogP contribution is 2.21. The van der Waals surface area contributed by atoms with Crippen LogP contribution in [-0.4, -0.2) is 36.2 Å². The molecule has 0 bridgehead atoms. The Kier molecular flexibility index (Phi) is 5.49. The van der Waals surface area contributed by atoms with Crippen molar-refractivity contribution in [1.29, 1.82) is 0 Å². The first-order chi connectivity index (χ1) is 9.61. The maximum atomic E-state index is 12.5. The summed E-state index contributed by atoms with van der Waals surface area (Å²) in [5, 5.41) is 0. The molecule has 1 aromatic rings. The molecule has 0 aromatic heterocycles. The second-order valence-corrected chi connectivity index (χ2v) is 6.51. The number of nitrogens with two attached hydrogens (primary N) is 1. The second kappa shape index (κ2) is 7.14. The van der Waals surface area contributed by atoms with Crippen molar-refractivity contribution in [2.75, 3.05) is 19.3 Å². The molecule has 1 fully saturated rings. The van der Waals surface area contributed by atoms with Crippen LogP contribution in [0.15, 0.2) is 24.3 Å². The monoisotopic (exact) mass is 292 g/mol. The van der Waals surface area contributed by atoms with Gasteiger partial charge in [-0.25, -0.2) is 0 Å². The molecule has 1 heterocycles. The molecule has 0 radical (unpaired) electrons. The number of nitrogens with zero attached hydrogens (tertiary/aromatic N) is 1. The minimum absolute atomic E-state index is 0.144. The van der Waals surface area contributed by atoms with Gasteiger partial charge in [0.15, 0.2) is 0 Å². The minimum Gasteiger partial charge on any atom is -0.338 e. The first kappa shape index (κ1) is 15.4. The molecule has 110 valence electrons. The lowest BCUT2D eigenvalue weighted by Crippen LogP contribution is -2.45. The summed E-state index contributed by atoms with van der Waals surface area (Å²) in [5.41, 5.74) is 8.04. The van der Waals surface area contributed by atoms with Crippen LogP contribution in [0.5, 0.6) is 0 Å². The molecule has 2 atom stereocenters. The molecule has 0 unspecified atom stereocenters. The normalized spacial score (nSPS) is 20.8. The van der Waals surface area contributed by atoms with E-state index in [2.05, 4.69) is 18.4 Å². The molecule has 4 heteroatoms. The molecule has 1 aromatic carbocycles. The summed E-state index contributed by atoms with van der Waals surface area (Å²) in [4.78, 5) is 14.5. The maximum absolute atomic E-state index is 12.5. The zero-order chi connectivity index (χ0) is 14.5. The van der Waals surface area contributed by atoms with Gasteiger partial charge in [-0.2, -0.15) is 11.8 Å². The Morgan fingerprint density at radius 2 is 2.15 bits per heavy atom. The fraction of sp³-hybridized carbons (Fsp3) is 0.562. The van der Waals surface area contributed by atoms with Crippen molar-refractivity contribution in [2.45, 2.75) is 31.6 Å². The third kappa shape index (κ3) is 3.76. The van der Waals surface area contributed by atoms with Crippen LogP contribution in [0.2, 0.25) is 0 Å². The topological polar surface area (TPSA) is 46.3 Å². The highest BCUT2D eigenvalue weighted by atomic mass is 32.2. The molecule has 1 aliphatic rings. The Morgan fingerprint density at radius 1 is 1.45 bits per heavy atom. The fourth-order valence-corrected chi connectivity index (χ4v) is 3.24. The van der Waals surface area contributed by atoms with Crippen LogP contribution in [0.25, 0.3) is 0 Å². The molecule has 2 N–H and O–H groups in total. The summed E-state index contributed by atoms with van der Waals surface area (Å²) in [6, 6.07) is 8.16. The van der Waals surface area contributed by atoms with Crippen molar-refractivity contribution in [3.63, 3.8) is 0 Å². The summed E-state index contributed by atoms with van der Waals surface area (Å²) >= 11 is 1.79. The van der Waals surface area contributed by atoms with E-state index < -0.39 is 0 Å². The van der Waals surface area contributed by atoms with Gasteiger partial charge in [0.1, 0.15) is 0 Å². The van der Waals surface area contributed by atoms with Crippen molar-refractivity contribution in [3.05, 3.63) is 35.4 Å². The van der Waals surface area contributed by atoms with Crippen LogP contribution in [0, 0.1) is 5.92 Å². The molecule has 0 aliphatic carbocycles. The SMILES string of the molecule is CSCc1ccc(C(=O)N2CCC[C@H]([C@H](C)N)C2)cc1. The summed E-state index contributed by atoms with van der Waals surface area (Å²) in [6.07, 6.45) is 4.28. The molecular formula is C16H24N2OS. The van der Waals surface area contributed by atoms with E-state index in [0.717, 1.165) is 37.2 Å². The van der Waals surface area contributed by atoms with Gasteiger partial charge in [0.05, 0.1) is 0 Å². The third-order valence-electron chi connectivity index (χ3n) is 4.00. The van der Waals surface area contributed by atoms with Crippen molar-refractivity contribution < 1.29 is 4.79 Å². The molecule has 3 nitrogen and oxygen atoms in total. The number of hydrogen-bond donors (Lipinski definition) is 1. The number of amides is 1. The zero-order valence-electron chi connectivity index (χ0n) is 12.3. The molecule has 2 rings (SSSR count). The van der Waals surface area contributed by atoms with Gasteiger partial charge in [-0.3, -0.25) is 4.79 Å². The van der Waals surface area contributed by atoms with E-state index in [0.29, 0.717) is 5.92 Å². The van der Waals surface area contributed by atoms with Crippen LogP contribution in [0.1, 0.15) is 35.7 Å². The fourth-order valence-electron chi connectivity index (χ4n) is 2.72. The lowest BCUT2D eigenvalue weighted by atomic mass is 9.92. The van der Waals surface area contributed by atoms with E-state index in [-0.39, 0.29) is 11.9 Å². The number of carbonyl (C=O) groups excluding carboxylic acids is 1. The predicted molar refractivity (Wildman–Crippen MR) is 85.9 cm³/mol. The number of rotatable bonds is 4. The summed E-state index contributed by atoms with van der Waals surface area (Å²) in [7, 11) is 0. The third-order valence-corrected chi connectivity index (χ3v) is 4.62. The zero-order valence-corrected chi connectivity index (χ0v) is 13.2. The Hall–Kier alpha value is -1.00. The second-order valence-electron chi connectivity index (χ2n) is 5.64. The Balaban J connectivity index is 2.02. The van der Waals surface area contributed by atoms with Crippen LogP contribution in [0.4, 0.5) is 0 Å². The van der Waals surface area contributed by atoms with E-state index in [9.17, 15) is 4.79 Å². The van der Waals surface area contributed by atoms with Crippen LogP contribution in [-0.2, 0) is 5.75 Å². The standard InChI is InChI=1S/C16H24N2OS/c1-12(17)15-4-3-9-18(10-15)16(19)14-7-5-13(6-8-14)11-20-2/h5-8,12,15H,3-4,9-11,17H2,1-2H3/t12-,15-/m0/s1. The van der Waals surface area contributed by atoms with Crippen molar-refractivity contribution in [2.24, 2.45) is 11.7 Å². The lowest BCUT2D eigenvalue weighted by molar-refractivity contribution is 0.0661. The average Bonchev–Trinajstić information content (AvgIpc) is 2.48.